The molecule has 0 atom stereocenters. The Labute approximate surface area is 152 Å². The molecule has 7 heteroatoms. The first-order valence-corrected chi connectivity index (χ1v) is 8.12. The number of halogens is 1. The van der Waals surface area contributed by atoms with Crippen LogP contribution >= 0.6 is 12.4 Å². The van der Waals surface area contributed by atoms with Crippen LogP contribution in [0.15, 0.2) is 47.1 Å². The van der Waals surface area contributed by atoms with E-state index in [0.717, 1.165) is 18.0 Å². The number of carbonyl (C=O) groups excluding carboxylic acids is 2. The lowest BCUT2D eigenvalue weighted by molar-refractivity contribution is -0.120. The topological polar surface area (TPSA) is 83.4 Å². The van der Waals surface area contributed by atoms with E-state index in [2.05, 4.69) is 16.0 Å². The van der Waals surface area contributed by atoms with Crippen LogP contribution in [-0.4, -0.2) is 24.9 Å². The first kappa shape index (κ1) is 19.0. The minimum Gasteiger partial charge on any atom is -0.459 e. The van der Waals surface area contributed by atoms with Crippen molar-refractivity contribution < 1.29 is 14.0 Å². The lowest BCUT2D eigenvalue weighted by atomic mass is 10.2. The number of hydrogen-bond donors (Lipinski definition) is 3. The molecule has 1 aliphatic carbocycles. The summed E-state index contributed by atoms with van der Waals surface area (Å²) in [5.41, 5.74) is 1.65. The van der Waals surface area contributed by atoms with Gasteiger partial charge in [0.1, 0.15) is 0 Å². The fraction of sp³-hybridized carbons (Fsp3) is 0.333. The van der Waals surface area contributed by atoms with Gasteiger partial charge < -0.3 is 20.4 Å². The molecule has 3 rings (SSSR count). The third-order valence-corrected chi connectivity index (χ3v) is 3.86. The van der Waals surface area contributed by atoms with Crippen molar-refractivity contribution in [3.05, 3.63) is 54.0 Å². The number of rotatable bonds is 8. The Morgan fingerprint density at radius 1 is 1.12 bits per heavy atom. The summed E-state index contributed by atoms with van der Waals surface area (Å²) in [6.07, 6.45) is 4.01. The van der Waals surface area contributed by atoms with Crippen LogP contribution in [0.3, 0.4) is 0 Å². The highest BCUT2D eigenvalue weighted by atomic mass is 35.5. The Kier molecular flexibility index (Phi) is 7.03. The Morgan fingerprint density at radius 3 is 2.52 bits per heavy atom. The highest BCUT2D eigenvalue weighted by Crippen LogP contribution is 2.27. The normalized spacial score (nSPS) is 13.0. The molecule has 0 aliphatic heterocycles. The summed E-state index contributed by atoms with van der Waals surface area (Å²) in [6.45, 7) is 1.75. The van der Waals surface area contributed by atoms with Crippen molar-refractivity contribution in [2.45, 2.75) is 19.4 Å². The molecule has 1 fully saturated rings. The summed E-state index contributed by atoms with van der Waals surface area (Å²) in [4.78, 5) is 23.6. The molecule has 1 saturated carbocycles. The van der Waals surface area contributed by atoms with Crippen molar-refractivity contribution in [3.63, 3.8) is 0 Å². The molecule has 3 N–H and O–H groups in total. The Hall–Kier alpha value is -2.31. The highest BCUT2D eigenvalue weighted by molar-refractivity contribution is 6.02. The highest BCUT2D eigenvalue weighted by Gasteiger charge is 2.20. The molecule has 0 spiro atoms. The molecule has 0 radical (unpaired) electrons. The van der Waals surface area contributed by atoms with E-state index >= 15 is 0 Å². The molecule has 2 amide bonds. The second-order valence-electron chi connectivity index (χ2n) is 5.98. The number of benzene rings is 1. The van der Waals surface area contributed by atoms with Crippen molar-refractivity contribution in [1.82, 2.24) is 10.6 Å². The van der Waals surface area contributed by atoms with Crippen LogP contribution < -0.4 is 16.0 Å². The van der Waals surface area contributed by atoms with Crippen molar-refractivity contribution in [2.75, 3.05) is 18.4 Å². The summed E-state index contributed by atoms with van der Waals surface area (Å²) in [7, 11) is 0. The summed E-state index contributed by atoms with van der Waals surface area (Å²) < 4.78 is 5.04. The van der Waals surface area contributed by atoms with Gasteiger partial charge in [0.25, 0.3) is 5.91 Å². The molecule has 1 aromatic heterocycles. The molecule has 0 saturated heterocycles. The predicted octanol–water partition coefficient (Wildman–Crippen LogP) is 2.57. The smallest absolute Gasteiger partial charge is 0.291 e. The molecule has 134 valence electrons. The maximum atomic E-state index is 11.9. The maximum absolute atomic E-state index is 11.9. The Bertz CT molecular complexity index is 682. The Morgan fingerprint density at radius 2 is 1.88 bits per heavy atom. The molecule has 6 nitrogen and oxygen atoms in total. The van der Waals surface area contributed by atoms with E-state index in [1.165, 1.54) is 19.1 Å². The van der Waals surface area contributed by atoms with Gasteiger partial charge in [0.2, 0.25) is 5.91 Å². The van der Waals surface area contributed by atoms with Crippen molar-refractivity contribution in [3.8, 4) is 0 Å². The minimum atomic E-state index is -0.289. The maximum Gasteiger partial charge on any atom is 0.291 e. The zero-order valence-electron chi connectivity index (χ0n) is 13.8. The quantitative estimate of drug-likeness (QED) is 0.673. The number of amides is 2. The van der Waals surface area contributed by atoms with Crippen LogP contribution in [-0.2, 0) is 11.3 Å². The average Bonchev–Trinajstić information content (AvgIpc) is 3.24. The van der Waals surface area contributed by atoms with Gasteiger partial charge in [-0.05, 0) is 55.1 Å². The lowest BCUT2D eigenvalue weighted by Crippen LogP contribution is -2.34. The van der Waals surface area contributed by atoms with Gasteiger partial charge in [-0.15, -0.1) is 12.4 Å². The zero-order chi connectivity index (χ0) is 16.8. The summed E-state index contributed by atoms with van der Waals surface area (Å²) in [5, 5.41) is 8.78. The SMILES string of the molecule is Cl.O=C(CNCC1CC1)NCc1ccc(NC(=O)c2ccco2)cc1. The minimum absolute atomic E-state index is 0. The van der Waals surface area contributed by atoms with Gasteiger partial charge >= 0.3 is 0 Å². The van der Waals surface area contributed by atoms with Gasteiger partial charge in [0.15, 0.2) is 5.76 Å². The number of hydrogen-bond acceptors (Lipinski definition) is 4. The van der Waals surface area contributed by atoms with Crippen LogP contribution in [0.25, 0.3) is 0 Å². The second kappa shape index (κ2) is 9.25. The van der Waals surface area contributed by atoms with Gasteiger partial charge in [-0.3, -0.25) is 9.59 Å². The molecule has 1 aromatic carbocycles. The molecule has 25 heavy (non-hydrogen) atoms. The lowest BCUT2D eigenvalue weighted by Gasteiger charge is -2.08. The zero-order valence-corrected chi connectivity index (χ0v) is 14.6. The monoisotopic (exact) mass is 363 g/mol. The summed E-state index contributed by atoms with van der Waals surface area (Å²) in [6, 6.07) is 10.6. The fourth-order valence-corrected chi connectivity index (χ4v) is 2.28. The van der Waals surface area contributed by atoms with Crippen LogP contribution in [0.1, 0.15) is 29.0 Å². The molecule has 1 aliphatic rings. The van der Waals surface area contributed by atoms with Crippen molar-refractivity contribution in [1.29, 1.82) is 0 Å². The number of furan rings is 1. The molecule has 0 bridgehead atoms. The van der Waals surface area contributed by atoms with E-state index in [1.54, 1.807) is 24.3 Å². The van der Waals surface area contributed by atoms with E-state index in [4.69, 9.17) is 4.42 Å². The first-order chi connectivity index (χ1) is 11.7. The molecule has 2 aromatic rings. The molecule has 1 heterocycles. The average molecular weight is 364 g/mol. The van der Waals surface area contributed by atoms with Crippen LogP contribution in [0.4, 0.5) is 5.69 Å². The van der Waals surface area contributed by atoms with Gasteiger partial charge in [0.05, 0.1) is 12.8 Å². The second-order valence-corrected chi connectivity index (χ2v) is 5.98. The van der Waals surface area contributed by atoms with E-state index in [9.17, 15) is 9.59 Å². The van der Waals surface area contributed by atoms with Crippen molar-refractivity contribution in [2.24, 2.45) is 5.92 Å². The molecular formula is C18H22ClN3O3. The number of anilines is 1. The largest absolute Gasteiger partial charge is 0.459 e. The standard InChI is InChI=1S/C18H21N3O3.ClH/c22-17(12-19-10-13-3-4-13)20-11-14-5-7-15(8-6-14)21-18(23)16-2-1-9-24-16;/h1-2,5-9,13,19H,3-4,10-12H2,(H,20,22)(H,21,23);1H. The Balaban J connectivity index is 0.00000225. The van der Waals surface area contributed by atoms with Gasteiger partial charge in [-0.25, -0.2) is 0 Å². The number of nitrogens with one attached hydrogen (secondary N) is 3. The van der Waals surface area contributed by atoms with E-state index < -0.39 is 0 Å². The summed E-state index contributed by atoms with van der Waals surface area (Å²) >= 11 is 0. The third kappa shape index (κ3) is 6.25. The van der Waals surface area contributed by atoms with Gasteiger partial charge in [0, 0.05) is 12.2 Å². The van der Waals surface area contributed by atoms with E-state index in [0.29, 0.717) is 18.8 Å². The van der Waals surface area contributed by atoms with E-state index in [-0.39, 0.29) is 30.0 Å². The van der Waals surface area contributed by atoms with Crippen LogP contribution in [0, 0.1) is 5.92 Å². The van der Waals surface area contributed by atoms with Gasteiger partial charge in [-0.1, -0.05) is 12.1 Å². The van der Waals surface area contributed by atoms with Crippen molar-refractivity contribution >= 4 is 29.9 Å². The molecular weight excluding hydrogens is 342 g/mol. The predicted molar refractivity (Wildman–Crippen MR) is 97.8 cm³/mol. The first-order valence-electron chi connectivity index (χ1n) is 8.12. The van der Waals surface area contributed by atoms with Crippen LogP contribution in [0.5, 0.6) is 0 Å². The van der Waals surface area contributed by atoms with E-state index in [1.807, 2.05) is 12.1 Å². The summed E-state index contributed by atoms with van der Waals surface area (Å²) in [5.74, 6) is 0.736. The number of carbonyl (C=O) groups is 2. The molecule has 0 unspecified atom stereocenters. The van der Waals surface area contributed by atoms with Crippen LogP contribution in [0.2, 0.25) is 0 Å². The third-order valence-electron chi connectivity index (χ3n) is 3.86. The van der Waals surface area contributed by atoms with Gasteiger partial charge in [-0.2, -0.15) is 0 Å². The fourth-order valence-electron chi connectivity index (χ4n) is 2.28.